The maximum Gasteiger partial charge on any atom is 0.416 e. The van der Waals surface area contributed by atoms with Crippen molar-refractivity contribution in [3.63, 3.8) is 0 Å². The summed E-state index contributed by atoms with van der Waals surface area (Å²) >= 11 is 0. The lowest BCUT2D eigenvalue weighted by molar-refractivity contribution is -0.137. The molecule has 19 heavy (non-hydrogen) atoms. The van der Waals surface area contributed by atoms with Crippen LogP contribution in [0.25, 0.3) is 0 Å². The van der Waals surface area contributed by atoms with Crippen LogP contribution in [-0.4, -0.2) is 12.9 Å². The number of rotatable bonds is 4. The van der Waals surface area contributed by atoms with Crippen molar-refractivity contribution in [3.05, 3.63) is 35.5 Å². The zero-order chi connectivity index (χ0) is 14.6. The second-order valence-electron chi connectivity index (χ2n) is 4.01. The topological polar surface area (TPSA) is 38.3 Å². The third-order valence-electron chi connectivity index (χ3n) is 2.23. The molecule has 0 bridgehead atoms. The largest absolute Gasteiger partial charge is 0.497 e. The number of alkyl halides is 3. The van der Waals surface area contributed by atoms with E-state index in [0.717, 1.165) is 12.1 Å². The van der Waals surface area contributed by atoms with Crippen molar-refractivity contribution >= 4 is 11.5 Å². The van der Waals surface area contributed by atoms with Crippen molar-refractivity contribution in [3.8, 4) is 5.75 Å². The van der Waals surface area contributed by atoms with Gasteiger partial charge in [-0.15, -0.1) is 0 Å². The summed E-state index contributed by atoms with van der Waals surface area (Å²) in [6.07, 6.45) is -3.16. The number of ketones is 1. The Balaban J connectivity index is 3.11. The molecule has 1 aromatic rings. The molecule has 0 fully saturated rings. The summed E-state index contributed by atoms with van der Waals surface area (Å²) in [4.78, 5) is 10.9. The van der Waals surface area contributed by atoms with E-state index in [1.165, 1.54) is 26.2 Å². The molecule has 1 rings (SSSR count). The molecule has 104 valence electrons. The number of benzene rings is 1. The number of hydrogen-bond donors (Lipinski definition) is 1. The minimum Gasteiger partial charge on any atom is -0.497 e. The summed E-state index contributed by atoms with van der Waals surface area (Å²) < 4.78 is 42.9. The first-order valence-corrected chi connectivity index (χ1v) is 5.44. The predicted molar refractivity (Wildman–Crippen MR) is 66.1 cm³/mol. The Bertz CT molecular complexity index is 507. The molecule has 1 N–H and O–H groups in total. The molecule has 0 saturated carbocycles. The normalized spacial score (nSPS) is 12.2. The number of carbonyl (C=O) groups is 1. The fourth-order valence-corrected chi connectivity index (χ4v) is 1.52. The van der Waals surface area contributed by atoms with Gasteiger partial charge in [0.05, 0.1) is 12.7 Å². The lowest BCUT2D eigenvalue weighted by atomic mass is 10.1. The summed E-state index contributed by atoms with van der Waals surface area (Å²) in [5, 5.41) is 2.72. The third kappa shape index (κ3) is 4.65. The molecule has 0 saturated heterocycles. The molecular weight excluding hydrogens is 259 g/mol. The first kappa shape index (κ1) is 15.1. The molecule has 3 nitrogen and oxygen atoms in total. The SMILES string of the molecule is COc1cc(NC(C)=CC(C)=O)cc(C(F)(F)F)c1. The van der Waals surface area contributed by atoms with Gasteiger partial charge in [-0.25, -0.2) is 0 Å². The van der Waals surface area contributed by atoms with E-state index in [2.05, 4.69) is 5.32 Å². The highest BCUT2D eigenvalue weighted by Crippen LogP contribution is 2.34. The number of ether oxygens (including phenoxy) is 1. The van der Waals surface area contributed by atoms with Crippen molar-refractivity contribution < 1.29 is 22.7 Å². The number of anilines is 1. The quantitative estimate of drug-likeness (QED) is 0.851. The Morgan fingerprint density at radius 3 is 2.37 bits per heavy atom. The summed E-state index contributed by atoms with van der Waals surface area (Å²) in [6, 6.07) is 3.29. The second-order valence-corrected chi connectivity index (χ2v) is 4.01. The van der Waals surface area contributed by atoms with Crippen LogP contribution in [0.2, 0.25) is 0 Å². The highest BCUT2D eigenvalue weighted by molar-refractivity contribution is 5.88. The van der Waals surface area contributed by atoms with E-state index >= 15 is 0 Å². The van der Waals surface area contributed by atoms with E-state index in [9.17, 15) is 18.0 Å². The standard InChI is InChI=1S/C13H14F3NO2/c1-8(4-9(2)18)17-11-5-10(13(14,15)16)6-12(7-11)19-3/h4-7,17H,1-3H3. The molecular formula is C13H14F3NO2. The summed E-state index contributed by atoms with van der Waals surface area (Å²) in [7, 11) is 1.29. The van der Waals surface area contributed by atoms with Crippen molar-refractivity contribution in [2.24, 2.45) is 0 Å². The Hall–Kier alpha value is -1.98. The van der Waals surface area contributed by atoms with Gasteiger partial charge < -0.3 is 10.1 Å². The molecule has 0 aliphatic carbocycles. The summed E-state index contributed by atoms with van der Waals surface area (Å²) in [6.45, 7) is 2.95. The Kier molecular flexibility index (Phi) is 4.58. The van der Waals surface area contributed by atoms with Gasteiger partial charge in [-0.3, -0.25) is 4.79 Å². The average molecular weight is 273 g/mol. The van der Waals surface area contributed by atoms with Crippen LogP contribution in [0.5, 0.6) is 5.75 Å². The predicted octanol–water partition coefficient (Wildman–Crippen LogP) is 3.62. The van der Waals surface area contributed by atoms with Crippen LogP contribution >= 0.6 is 0 Å². The minimum absolute atomic E-state index is 0.0907. The van der Waals surface area contributed by atoms with Gasteiger partial charge in [0.2, 0.25) is 0 Å². The molecule has 0 amide bonds. The van der Waals surface area contributed by atoms with E-state index in [0.29, 0.717) is 5.70 Å². The first-order chi connectivity index (χ1) is 8.72. The van der Waals surface area contributed by atoms with Crippen LogP contribution in [0.3, 0.4) is 0 Å². The van der Waals surface area contributed by atoms with Crippen LogP contribution in [0, 0.1) is 0 Å². The van der Waals surface area contributed by atoms with E-state index in [-0.39, 0.29) is 17.2 Å². The molecule has 1 aromatic carbocycles. The van der Waals surface area contributed by atoms with E-state index in [4.69, 9.17) is 4.74 Å². The monoisotopic (exact) mass is 273 g/mol. The molecule has 0 heterocycles. The summed E-state index contributed by atoms with van der Waals surface area (Å²) in [5.41, 5.74) is -0.152. The lowest BCUT2D eigenvalue weighted by Crippen LogP contribution is -2.07. The van der Waals surface area contributed by atoms with E-state index < -0.39 is 11.7 Å². The van der Waals surface area contributed by atoms with Crippen LogP contribution in [0.4, 0.5) is 18.9 Å². The maximum atomic E-state index is 12.7. The third-order valence-corrected chi connectivity index (χ3v) is 2.23. The molecule has 0 aliphatic rings. The van der Waals surface area contributed by atoms with Gasteiger partial charge in [-0.1, -0.05) is 0 Å². The maximum absolute atomic E-state index is 12.7. The zero-order valence-electron chi connectivity index (χ0n) is 10.8. The van der Waals surface area contributed by atoms with Crippen molar-refractivity contribution in [1.82, 2.24) is 0 Å². The van der Waals surface area contributed by atoms with E-state index in [1.54, 1.807) is 6.92 Å². The van der Waals surface area contributed by atoms with Gasteiger partial charge in [-0.05, 0) is 32.1 Å². The Morgan fingerprint density at radius 2 is 1.89 bits per heavy atom. The van der Waals surface area contributed by atoms with Crippen LogP contribution in [-0.2, 0) is 11.0 Å². The fraction of sp³-hybridized carbons (Fsp3) is 0.308. The number of allylic oxidation sites excluding steroid dienone is 2. The van der Waals surface area contributed by atoms with Gasteiger partial charge in [-0.2, -0.15) is 13.2 Å². The van der Waals surface area contributed by atoms with Gasteiger partial charge in [0.1, 0.15) is 5.75 Å². The van der Waals surface area contributed by atoms with Crippen LogP contribution < -0.4 is 10.1 Å². The lowest BCUT2D eigenvalue weighted by Gasteiger charge is -2.13. The van der Waals surface area contributed by atoms with Gasteiger partial charge >= 0.3 is 6.18 Å². The average Bonchev–Trinajstić information content (AvgIpc) is 2.25. The van der Waals surface area contributed by atoms with E-state index in [1.807, 2.05) is 0 Å². The molecule has 6 heteroatoms. The van der Waals surface area contributed by atoms with Crippen molar-refractivity contribution in [1.29, 1.82) is 0 Å². The minimum atomic E-state index is -4.46. The van der Waals surface area contributed by atoms with Crippen LogP contribution in [0.1, 0.15) is 19.4 Å². The zero-order valence-corrected chi connectivity index (χ0v) is 10.8. The number of nitrogens with one attached hydrogen (secondary N) is 1. The highest BCUT2D eigenvalue weighted by atomic mass is 19.4. The van der Waals surface area contributed by atoms with Gasteiger partial charge in [0, 0.05) is 17.5 Å². The molecule has 0 spiro atoms. The second kappa shape index (κ2) is 5.77. The number of hydrogen-bond acceptors (Lipinski definition) is 3. The fourth-order valence-electron chi connectivity index (χ4n) is 1.52. The van der Waals surface area contributed by atoms with Gasteiger partial charge in [0.15, 0.2) is 5.78 Å². The molecule has 0 unspecified atom stereocenters. The first-order valence-electron chi connectivity index (χ1n) is 5.44. The molecule has 0 aromatic heterocycles. The van der Waals surface area contributed by atoms with Gasteiger partial charge in [0.25, 0.3) is 0 Å². The molecule has 0 aliphatic heterocycles. The molecule has 0 atom stereocenters. The number of carbonyl (C=O) groups excluding carboxylic acids is 1. The van der Waals surface area contributed by atoms with Crippen LogP contribution in [0.15, 0.2) is 30.0 Å². The van der Waals surface area contributed by atoms with Crippen molar-refractivity contribution in [2.75, 3.05) is 12.4 Å². The molecule has 0 radical (unpaired) electrons. The smallest absolute Gasteiger partial charge is 0.416 e. The Labute approximate surface area is 109 Å². The highest BCUT2D eigenvalue weighted by Gasteiger charge is 2.31. The van der Waals surface area contributed by atoms with Crippen molar-refractivity contribution in [2.45, 2.75) is 20.0 Å². The Morgan fingerprint density at radius 1 is 1.26 bits per heavy atom. The summed E-state index contributed by atoms with van der Waals surface area (Å²) in [5.74, 6) is -0.100. The number of halogens is 3. The number of methoxy groups -OCH3 is 1.